The standard InChI is InChI=1S/C22H21N3O3S.ClH/c1-3-28-20-10-6-8-18-21(17-7-4-5-9-19(17)24-22(18)20)23-15-11-13-16(14-12-15)25-29(2,26)27;/h4-14,25H,3H2,1-2H3,(H,23,24);1H. The van der Waals surface area contributed by atoms with E-state index in [4.69, 9.17) is 9.72 Å². The SMILES string of the molecule is CCOc1cccc2c(Nc3ccc(NS(C)(=O)=O)cc3)c3ccccc3nc12.Cl. The Balaban J connectivity index is 0.00000256. The summed E-state index contributed by atoms with van der Waals surface area (Å²) >= 11 is 0. The van der Waals surface area contributed by atoms with Gasteiger partial charge in [-0.1, -0.05) is 30.3 Å². The molecule has 1 aromatic heterocycles. The molecule has 0 fully saturated rings. The van der Waals surface area contributed by atoms with Crippen molar-refractivity contribution in [2.24, 2.45) is 0 Å². The molecule has 0 bridgehead atoms. The number of rotatable bonds is 6. The highest BCUT2D eigenvalue weighted by molar-refractivity contribution is 7.92. The molecule has 4 rings (SSSR count). The number of pyridine rings is 1. The molecule has 0 atom stereocenters. The zero-order chi connectivity index (χ0) is 20.4. The van der Waals surface area contributed by atoms with Crippen molar-refractivity contribution >= 4 is 61.3 Å². The van der Waals surface area contributed by atoms with E-state index in [-0.39, 0.29) is 12.4 Å². The Bertz CT molecular complexity index is 1290. The molecule has 1 heterocycles. The number of benzene rings is 3. The van der Waals surface area contributed by atoms with Crippen molar-refractivity contribution < 1.29 is 13.2 Å². The monoisotopic (exact) mass is 443 g/mol. The molecule has 0 radical (unpaired) electrons. The Labute approximate surface area is 181 Å². The predicted molar refractivity (Wildman–Crippen MR) is 126 cm³/mol. The fourth-order valence-corrected chi connectivity index (χ4v) is 3.84. The predicted octanol–water partition coefficient (Wildman–Crippen LogP) is 5.32. The number of nitrogens with zero attached hydrogens (tertiary/aromatic N) is 1. The highest BCUT2D eigenvalue weighted by atomic mass is 35.5. The summed E-state index contributed by atoms with van der Waals surface area (Å²) in [6, 6.07) is 20.9. The first-order valence-electron chi connectivity index (χ1n) is 9.24. The summed E-state index contributed by atoms with van der Waals surface area (Å²) in [6.07, 6.45) is 1.13. The van der Waals surface area contributed by atoms with Crippen molar-refractivity contribution in [3.05, 3.63) is 66.7 Å². The van der Waals surface area contributed by atoms with Crippen molar-refractivity contribution in [2.45, 2.75) is 6.92 Å². The Morgan fingerprint density at radius 1 is 0.900 bits per heavy atom. The maximum atomic E-state index is 11.4. The molecule has 6 nitrogen and oxygen atoms in total. The van der Waals surface area contributed by atoms with Crippen LogP contribution in [-0.2, 0) is 10.0 Å². The van der Waals surface area contributed by atoms with Gasteiger partial charge in [-0.3, -0.25) is 4.72 Å². The smallest absolute Gasteiger partial charge is 0.229 e. The van der Waals surface area contributed by atoms with Crippen molar-refractivity contribution in [2.75, 3.05) is 22.9 Å². The van der Waals surface area contributed by atoms with Crippen LogP contribution < -0.4 is 14.8 Å². The zero-order valence-corrected chi connectivity index (χ0v) is 18.2. The average Bonchev–Trinajstić information content (AvgIpc) is 2.69. The number of sulfonamides is 1. The maximum absolute atomic E-state index is 11.4. The minimum absolute atomic E-state index is 0. The van der Waals surface area contributed by atoms with Crippen LogP contribution in [0.1, 0.15) is 6.92 Å². The largest absolute Gasteiger partial charge is 0.492 e. The van der Waals surface area contributed by atoms with Crippen molar-refractivity contribution in [3.8, 4) is 5.75 Å². The Morgan fingerprint density at radius 3 is 2.27 bits per heavy atom. The van der Waals surface area contributed by atoms with Gasteiger partial charge in [-0.05, 0) is 43.3 Å². The minimum Gasteiger partial charge on any atom is -0.492 e. The van der Waals surface area contributed by atoms with E-state index in [2.05, 4.69) is 10.0 Å². The van der Waals surface area contributed by atoms with Crippen molar-refractivity contribution in [1.82, 2.24) is 4.98 Å². The molecule has 0 spiro atoms. The lowest BCUT2D eigenvalue weighted by Crippen LogP contribution is -2.09. The summed E-state index contributed by atoms with van der Waals surface area (Å²) < 4.78 is 31.1. The lowest BCUT2D eigenvalue weighted by molar-refractivity contribution is 0.343. The van der Waals surface area contributed by atoms with Crippen LogP contribution in [0.15, 0.2) is 66.7 Å². The molecule has 30 heavy (non-hydrogen) atoms. The third kappa shape index (κ3) is 4.58. The summed E-state index contributed by atoms with van der Waals surface area (Å²) in [5.74, 6) is 0.742. The lowest BCUT2D eigenvalue weighted by Gasteiger charge is -2.15. The maximum Gasteiger partial charge on any atom is 0.229 e. The number of halogens is 1. The molecule has 156 valence electrons. The zero-order valence-electron chi connectivity index (χ0n) is 16.5. The summed E-state index contributed by atoms with van der Waals surface area (Å²) in [5.41, 5.74) is 3.94. The fourth-order valence-electron chi connectivity index (χ4n) is 3.27. The van der Waals surface area contributed by atoms with E-state index < -0.39 is 10.0 Å². The Hall–Kier alpha value is -3.03. The van der Waals surface area contributed by atoms with Crippen LogP contribution in [0.3, 0.4) is 0 Å². The van der Waals surface area contributed by atoms with Gasteiger partial charge in [0.05, 0.1) is 24.1 Å². The first kappa shape index (κ1) is 21.7. The number of hydrogen-bond donors (Lipinski definition) is 2. The normalized spacial score (nSPS) is 11.1. The molecule has 0 unspecified atom stereocenters. The second-order valence-electron chi connectivity index (χ2n) is 6.67. The van der Waals surface area contributed by atoms with Crippen LogP contribution in [0.5, 0.6) is 5.75 Å². The molecular formula is C22H22ClN3O3S. The third-order valence-electron chi connectivity index (χ3n) is 4.43. The lowest BCUT2D eigenvalue weighted by atomic mass is 10.1. The van der Waals surface area contributed by atoms with Crippen molar-refractivity contribution in [1.29, 1.82) is 0 Å². The summed E-state index contributed by atoms with van der Waals surface area (Å²) in [6.45, 7) is 2.51. The van der Waals surface area contributed by atoms with Gasteiger partial charge in [0.2, 0.25) is 10.0 Å². The van der Waals surface area contributed by atoms with Crippen molar-refractivity contribution in [3.63, 3.8) is 0 Å². The number of nitrogens with one attached hydrogen (secondary N) is 2. The molecule has 0 aliphatic rings. The van der Waals surface area contributed by atoms with Gasteiger partial charge >= 0.3 is 0 Å². The third-order valence-corrected chi connectivity index (χ3v) is 5.04. The fraction of sp³-hybridized carbons (Fsp3) is 0.136. The Morgan fingerprint density at radius 2 is 1.57 bits per heavy atom. The molecule has 4 aromatic rings. The highest BCUT2D eigenvalue weighted by Crippen LogP contribution is 2.36. The van der Waals surface area contributed by atoms with E-state index in [1.165, 1.54) is 0 Å². The topological polar surface area (TPSA) is 80.3 Å². The van der Waals surface area contributed by atoms with E-state index >= 15 is 0 Å². The Kier molecular flexibility index (Phi) is 6.34. The van der Waals surface area contributed by atoms with E-state index in [9.17, 15) is 8.42 Å². The van der Waals surface area contributed by atoms with Gasteiger partial charge < -0.3 is 10.1 Å². The van der Waals surface area contributed by atoms with E-state index in [1.807, 2.05) is 61.5 Å². The molecule has 0 saturated carbocycles. The summed E-state index contributed by atoms with van der Waals surface area (Å²) in [5, 5.41) is 5.42. The second kappa shape index (κ2) is 8.77. The molecule has 0 amide bonds. The molecule has 3 aromatic carbocycles. The van der Waals surface area contributed by atoms with Crippen LogP contribution in [0.4, 0.5) is 17.1 Å². The number of anilines is 3. The number of para-hydroxylation sites is 2. The quantitative estimate of drug-likeness (QED) is 0.394. The summed E-state index contributed by atoms with van der Waals surface area (Å²) in [7, 11) is -3.31. The highest BCUT2D eigenvalue weighted by Gasteiger charge is 2.13. The molecule has 0 saturated heterocycles. The van der Waals surface area contributed by atoms with Crippen LogP contribution in [0.25, 0.3) is 21.8 Å². The van der Waals surface area contributed by atoms with Gasteiger partial charge in [0.25, 0.3) is 0 Å². The molecule has 0 aliphatic heterocycles. The first-order chi connectivity index (χ1) is 13.9. The van der Waals surface area contributed by atoms with Gasteiger partial charge in [-0.2, -0.15) is 0 Å². The van der Waals surface area contributed by atoms with E-state index in [0.717, 1.165) is 45.2 Å². The second-order valence-corrected chi connectivity index (χ2v) is 8.41. The van der Waals surface area contributed by atoms with Gasteiger partial charge in [-0.25, -0.2) is 13.4 Å². The average molecular weight is 444 g/mol. The van der Waals surface area contributed by atoms with Crippen LogP contribution in [-0.4, -0.2) is 26.3 Å². The van der Waals surface area contributed by atoms with Gasteiger partial charge in [0.15, 0.2) is 0 Å². The number of fused-ring (bicyclic) bond motifs is 2. The minimum atomic E-state index is -3.31. The van der Waals surface area contributed by atoms with Gasteiger partial charge in [0, 0.05) is 22.1 Å². The molecular weight excluding hydrogens is 422 g/mol. The first-order valence-corrected chi connectivity index (χ1v) is 11.1. The molecule has 2 N–H and O–H groups in total. The number of hydrogen-bond acceptors (Lipinski definition) is 5. The summed E-state index contributed by atoms with van der Waals surface area (Å²) in [4.78, 5) is 4.81. The van der Waals surface area contributed by atoms with Gasteiger partial charge in [-0.15, -0.1) is 12.4 Å². The van der Waals surface area contributed by atoms with E-state index in [1.54, 1.807) is 12.1 Å². The van der Waals surface area contributed by atoms with Crippen LogP contribution >= 0.6 is 12.4 Å². The molecule has 0 aliphatic carbocycles. The van der Waals surface area contributed by atoms with E-state index in [0.29, 0.717) is 12.3 Å². The van der Waals surface area contributed by atoms with Gasteiger partial charge in [0.1, 0.15) is 11.3 Å². The van der Waals surface area contributed by atoms with Crippen LogP contribution in [0.2, 0.25) is 0 Å². The van der Waals surface area contributed by atoms with Crippen LogP contribution in [0, 0.1) is 0 Å². The molecule has 8 heteroatoms. The number of ether oxygens (including phenoxy) is 1. The number of aromatic nitrogens is 1.